The molecule has 1 rings (SSSR count). The molecule has 0 heterocycles. The molecule has 0 fully saturated rings. The molecule has 0 aromatic heterocycles. The van der Waals surface area contributed by atoms with Gasteiger partial charge in [0.25, 0.3) is 0 Å². The average molecular weight is 290 g/mol. The van der Waals surface area contributed by atoms with E-state index in [0.29, 0.717) is 30.7 Å². The number of carbonyl (C=O) groups is 2. The zero-order valence-corrected chi connectivity index (χ0v) is 11.8. The van der Waals surface area contributed by atoms with E-state index < -0.39 is 18.0 Å². The monoisotopic (exact) mass is 290 g/mol. The summed E-state index contributed by atoms with van der Waals surface area (Å²) in [6.07, 6.45) is 6.10. The number of anilines is 1. The lowest BCUT2D eigenvalue weighted by atomic mass is 10.1. The number of aliphatic carboxylic acids is 1. The predicted octanol–water partition coefficient (Wildman–Crippen LogP) is 1.67. The van der Waals surface area contributed by atoms with Crippen molar-refractivity contribution in [1.29, 1.82) is 0 Å². The van der Waals surface area contributed by atoms with Gasteiger partial charge in [-0.3, -0.25) is 0 Å². The molecule has 0 spiro atoms. The molecule has 1 atom stereocenters. The molecule has 0 radical (unpaired) electrons. The van der Waals surface area contributed by atoms with E-state index in [4.69, 9.17) is 16.3 Å². The van der Waals surface area contributed by atoms with E-state index in [9.17, 15) is 9.59 Å². The van der Waals surface area contributed by atoms with Crippen LogP contribution in [0.25, 0.3) is 0 Å². The Balaban J connectivity index is 2.57. The molecule has 6 nitrogen and oxygen atoms in total. The SMILES string of the molecule is C#Cc1cccc(NC(=O)NC(CCCOC)C(=O)O)c1. The Morgan fingerprint density at radius 1 is 1.48 bits per heavy atom. The number of hydrogen-bond acceptors (Lipinski definition) is 3. The quantitative estimate of drug-likeness (QED) is 0.526. The van der Waals surface area contributed by atoms with Gasteiger partial charge in [-0.1, -0.05) is 12.0 Å². The van der Waals surface area contributed by atoms with Crippen LogP contribution in [0.1, 0.15) is 18.4 Å². The number of carboxylic acids is 1. The normalized spacial score (nSPS) is 11.2. The Morgan fingerprint density at radius 2 is 2.24 bits per heavy atom. The fraction of sp³-hybridized carbons (Fsp3) is 0.333. The number of carbonyl (C=O) groups excluding carboxylic acids is 1. The lowest BCUT2D eigenvalue weighted by Crippen LogP contribution is -2.43. The van der Waals surface area contributed by atoms with E-state index in [0.717, 1.165) is 0 Å². The van der Waals surface area contributed by atoms with Gasteiger partial charge in [0.15, 0.2) is 0 Å². The van der Waals surface area contributed by atoms with Gasteiger partial charge in [-0.05, 0) is 31.0 Å². The van der Waals surface area contributed by atoms with Crippen LogP contribution in [0.3, 0.4) is 0 Å². The molecule has 1 unspecified atom stereocenters. The summed E-state index contributed by atoms with van der Waals surface area (Å²) in [5.74, 6) is 1.37. The highest BCUT2D eigenvalue weighted by atomic mass is 16.5. The summed E-state index contributed by atoms with van der Waals surface area (Å²) in [6, 6.07) is 5.18. The van der Waals surface area contributed by atoms with Gasteiger partial charge in [0, 0.05) is 25.0 Å². The van der Waals surface area contributed by atoms with Crippen molar-refractivity contribution in [3.05, 3.63) is 29.8 Å². The summed E-state index contributed by atoms with van der Waals surface area (Å²) < 4.78 is 4.86. The van der Waals surface area contributed by atoms with Crippen LogP contribution in [-0.2, 0) is 9.53 Å². The summed E-state index contributed by atoms with van der Waals surface area (Å²) in [5, 5.41) is 14.0. The molecule has 1 aromatic carbocycles. The zero-order chi connectivity index (χ0) is 15.7. The van der Waals surface area contributed by atoms with E-state index >= 15 is 0 Å². The molecule has 112 valence electrons. The van der Waals surface area contributed by atoms with Gasteiger partial charge in [0.1, 0.15) is 6.04 Å². The van der Waals surface area contributed by atoms with Gasteiger partial charge < -0.3 is 20.5 Å². The first-order chi connectivity index (χ1) is 10.1. The van der Waals surface area contributed by atoms with Gasteiger partial charge in [0.05, 0.1) is 0 Å². The lowest BCUT2D eigenvalue weighted by molar-refractivity contribution is -0.139. The average Bonchev–Trinajstić information content (AvgIpc) is 2.46. The van der Waals surface area contributed by atoms with Crippen LogP contribution in [0.2, 0.25) is 0 Å². The van der Waals surface area contributed by atoms with Crippen LogP contribution in [0.5, 0.6) is 0 Å². The first kappa shape index (κ1) is 16.5. The Morgan fingerprint density at radius 3 is 2.86 bits per heavy atom. The van der Waals surface area contributed by atoms with Crippen molar-refractivity contribution < 1.29 is 19.4 Å². The predicted molar refractivity (Wildman–Crippen MR) is 79.1 cm³/mol. The summed E-state index contributed by atoms with van der Waals surface area (Å²) in [4.78, 5) is 22.9. The molecule has 3 N–H and O–H groups in total. The number of hydrogen-bond donors (Lipinski definition) is 3. The molecule has 6 heteroatoms. The smallest absolute Gasteiger partial charge is 0.326 e. The Kier molecular flexibility index (Phi) is 6.78. The number of benzene rings is 1. The van der Waals surface area contributed by atoms with Crippen LogP contribution in [0.15, 0.2) is 24.3 Å². The van der Waals surface area contributed by atoms with Crippen molar-refractivity contribution in [2.24, 2.45) is 0 Å². The Labute approximate surface area is 123 Å². The first-order valence-corrected chi connectivity index (χ1v) is 6.42. The number of terminal acetylenes is 1. The molecular formula is C15H18N2O4. The van der Waals surface area contributed by atoms with E-state index in [1.807, 2.05) is 0 Å². The third kappa shape index (κ3) is 5.97. The number of methoxy groups -OCH3 is 1. The number of ether oxygens (including phenoxy) is 1. The molecule has 0 saturated carbocycles. The highest BCUT2D eigenvalue weighted by Crippen LogP contribution is 2.09. The van der Waals surface area contributed by atoms with Gasteiger partial charge in [0.2, 0.25) is 0 Å². The second-order valence-electron chi connectivity index (χ2n) is 4.35. The van der Waals surface area contributed by atoms with Crippen molar-refractivity contribution in [3.63, 3.8) is 0 Å². The minimum Gasteiger partial charge on any atom is -0.480 e. The van der Waals surface area contributed by atoms with Crippen molar-refractivity contribution in [2.75, 3.05) is 19.0 Å². The molecule has 2 amide bonds. The Hall–Kier alpha value is -2.52. The second kappa shape index (κ2) is 8.61. The highest BCUT2D eigenvalue weighted by Gasteiger charge is 2.19. The molecular weight excluding hydrogens is 272 g/mol. The standard InChI is InChI=1S/C15H18N2O4/c1-3-11-6-4-7-12(10-11)16-15(20)17-13(14(18)19)8-5-9-21-2/h1,4,6-7,10,13H,5,8-9H2,2H3,(H,18,19)(H2,16,17,20). The zero-order valence-electron chi connectivity index (χ0n) is 11.8. The van der Waals surface area contributed by atoms with E-state index in [1.54, 1.807) is 24.3 Å². The third-order valence-electron chi connectivity index (χ3n) is 2.73. The van der Waals surface area contributed by atoms with Gasteiger partial charge in [-0.2, -0.15) is 0 Å². The minimum atomic E-state index is -1.08. The van der Waals surface area contributed by atoms with E-state index in [2.05, 4.69) is 16.6 Å². The lowest BCUT2D eigenvalue weighted by Gasteiger charge is -2.15. The van der Waals surface area contributed by atoms with Crippen molar-refractivity contribution >= 4 is 17.7 Å². The largest absolute Gasteiger partial charge is 0.480 e. The summed E-state index contributed by atoms with van der Waals surface area (Å²) in [6.45, 7) is 0.442. The molecule has 0 aliphatic rings. The van der Waals surface area contributed by atoms with Crippen LogP contribution >= 0.6 is 0 Å². The van der Waals surface area contributed by atoms with Crippen LogP contribution in [0.4, 0.5) is 10.5 Å². The first-order valence-electron chi connectivity index (χ1n) is 6.42. The second-order valence-corrected chi connectivity index (χ2v) is 4.35. The maximum Gasteiger partial charge on any atom is 0.326 e. The summed E-state index contributed by atoms with van der Waals surface area (Å²) in [7, 11) is 1.54. The summed E-state index contributed by atoms with van der Waals surface area (Å²) in [5.41, 5.74) is 1.13. The molecule has 21 heavy (non-hydrogen) atoms. The molecule has 0 saturated heterocycles. The number of urea groups is 1. The van der Waals surface area contributed by atoms with E-state index in [1.165, 1.54) is 7.11 Å². The fourth-order valence-electron chi connectivity index (χ4n) is 1.70. The van der Waals surface area contributed by atoms with Gasteiger partial charge in [-0.25, -0.2) is 9.59 Å². The summed E-state index contributed by atoms with van der Waals surface area (Å²) >= 11 is 0. The van der Waals surface area contributed by atoms with Crippen LogP contribution in [0, 0.1) is 12.3 Å². The Bertz CT molecular complexity index is 537. The minimum absolute atomic E-state index is 0.293. The van der Waals surface area contributed by atoms with Gasteiger partial charge in [-0.15, -0.1) is 6.42 Å². The number of rotatable bonds is 7. The van der Waals surface area contributed by atoms with Crippen molar-refractivity contribution in [1.82, 2.24) is 5.32 Å². The van der Waals surface area contributed by atoms with Gasteiger partial charge >= 0.3 is 12.0 Å². The molecule has 1 aromatic rings. The molecule has 0 aliphatic heterocycles. The topological polar surface area (TPSA) is 87.7 Å². The maximum atomic E-state index is 11.8. The fourth-order valence-corrected chi connectivity index (χ4v) is 1.70. The molecule has 0 bridgehead atoms. The molecule has 0 aliphatic carbocycles. The van der Waals surface area contributed by atoms with Crippen molar-refractivity contribution in [3.8, 4) is 12.3 Å². The van der Waals surface area contributed by atoms with Crippen LogP contribution < -0.4 is 10.6 Å². The highest BCUT2D eigenvalue weighted by molar-refractivity contribution is 5.92. The number of amides is 2. The van der Waals surface area contributed by atoms with Crippen LogP contribution in [-0.4, -0.2) is 36.9 Å². The third-order valence-corrected chi connectivity index (χ3v) is 2.73. The van der Waals surface area contributed by atoms with E-state index in [-0.39, 0.29) is 0 Å². The number of nitrogens with one attached hydrogen (secondary N) is 2. The maximum absolute atomic E-state index is 11.8. The van der Waals surface area contributed by atoms with Crippen molar-refractivity contribution in [2.45, 2.75) is 18.9 Å². The number of carboxylic acid groups (broad SMARTS) is 1.